The van der Waals surface area contributed by atoms with Gasteiger partial charge in [-0.3, -0.25) is 0 Å². The first-order chi connectivity index (χ1) is 6.40. The van der Waals surface area contributed by atoms with Gasteiger partial charge in [0.1, 0.15) is 0 Å². The summed E-state index contributed by atoms with van der Waals surface area (Å²) in [5, 5.41) is 9.95. The van der Waals surface area contributed by atoms with Gasteiger partial charge < -0.3 is 10.0 Å². The molecule has 0 aliphatic carbocycles. The molecule has 1 heterocycles. The van der Waals surface area contributed by atoms with E-state index in [9.17, 15) is 5.11 Å². The average molecular weight is 216 g/mol. The number of halogens is 1. The van der Waals surface area contributed by atoms with Crippen molar-refractivity contribution < 1.29 is 5.11 Å². The molecule has 0 spiro atoms. The van der Waals surface area contributed by atoms with Crippen molar-refractivity contribution >= 4 is 17.4 Å². The molecular weight excluding hydrogens is 202 g/mol. The van der Waals surface area contributed by atoms with Crippen LogP contribution in [-0.2, 0) is 0 Å². The van der Waals surface area contributed by atoms with Gasteiger partial charge in [0, 0.05) is 26.0 Å². The monoisotopic (exact) mass is 215 g/mol. The molecule has 0 radical (unpaired) electrons. The van der Waals surface area contributed by atoms with E-state index in [0.29, 0.717) is 17.5 Å². The normalized spacial score (nSPS) is 11.5. The lowest BCUT2D eigenvalue weighted by atomic mass is 10.1. The fraction of sp³-hybridized carbons (Fsp3) is 0.556. The van der Waals surface area contributed by atoms with Gasteiger partial charge >= 0.3 is 0 Å². The van der Waals surface area contributed by atoms with Crippen LogP contribution in [0.4, 0.5) is 5.82 Å². The molecule has 78 valence electrons. The number of hydrogen-bond acceptors (Lipinski definition) is 4. The van der Waals surface area contributed by atoms with Gasteiger partial charge in [-0.1, -0.05) is 11.6 Å². The van der Waals surface area contributed by atoms with Crippen molar-refractivity contribution in [3.63, 3.8) is 0 Å². The molecule has 0 unspecified atom stereocenters. The van der Waals surface area contributed by atoms with E-state index in [-0.39, 0.29) is 0 Å². The first-order valence-electron chi connectivity index (χ1n) is 4.30. The zero-order valence-corrected chi connectivity index (χ0v) is 9.28. The topological polar surface area (TPSA) is 49.2 Å². The second-order valence-corrected chi connectivity index (χ2v) is 4.20. The zero-order chi connectivity index (χ0) is 10.8. The first kappa shape index (κ1) is 11.2. The van der Waals surface area contributed by atoms with Crippen molar-refractivity contribution in [1.82, 2.24) is 9.97 Å². The molecule has 1 aromatic heterocycles. The largest absolute Gasteiger partial charge is 0.389 e. The third-order valence-electron chi connectivity index (χ3n) is 1.62. The Labute approximate surface area is 88.6 Å². The Kier molecular flexibility index (Phi) is 3.29. The second kappa shape index (κ2) is 4.11. The molecule has 0 aromatic carbocycles. The van der Waals surface area contributed by atoms with E-state index >= 15 is 0 Å². The summed E-state index contributed by atoms with van der Waals surface area (Å²) >= 11 is 5.85. The predicted molar refractivity (Wildman–Crippen MR) is 56.6 cm³/mol. The SMILES string of the molecule is CN(CC(C)(C)O)c1nccnc1Cl. The summed E-state index contributed by atoms with van der Waals surface area (Å²) < 4.78 is 0. The van der Waals surface area contributed by atoms with Crippen LogP contribution in [0.15, 0.2) is 12.4 Å². The maximum atomic E-state index is 9.61. The Morgan fingerprint density at radius 2 is 2.00 bits per heavy atom. The lowest BCUT2D eigenvalue weighted by Crippen LogP contribution is -2.36. The standard InChI is InChI=1S/C9H14ClN3O/c1-9(2,14)6-13(3)8-7(10)11-4-5-12-8/h4-5,14H,6H2,1-3H3. The zero-order valence-electron chi connectivity index (χ0n) is 8.53. The predicted octanol–water partition coefficient (Wildman–Crippen LogP) is 1.34. The highest BCUT2D eigenvalue weighted by atomic mass is 35.5. The number of aliphatic hydroxyl groups is 1. The summed E-state index contributed by atoms with van der Waals surface area (Å²) in [7, 11) is 1.81. The summed E-state index contributed by atoms with van der Waals surface area (Å²) in [6.45, 7) is 3.91. The molecule has 1 aromatic rings. The summed E-state index contributed by atoms with van der Waals surface area (Å²) in [6, 6.07) is 0. The maximum Gasteiger partial charge on any atom is 0.171 e. The lowest BCUT2D eigenvalue weighted by Gasteiger charge is -2.26. The number of hydrogen-bond donors (Lipinski definition) is 1. The number of anilines is 1. The van der Waals surface area contributed by atoms with E-state index < -0.39 is 5.60 Å². The average Bonchev–Trinajstić information content (AvgIpc) is 2.01. The van der Waals surface area contributed by atoms with Gasteiger partial charge in [0.15, 0.2) is 11.0 Å². The minimum absolute atomic E-state index is 0.347. The van der Waals surface area contributed by atoms with Crippen LogP contribution in [0.5, 0.6) is 0 Å². The molecule has 0 fully saturated rings. The summed E-state index contributed by atoms with van der Waals surface area (Å²) in [5.74, 6) is 0.580. The molecule has 0 saturated heterocycles. The molecular formula is C9H14ClN3O. The molecule has 0 saturated carbocycles. The van der Waals surface area contributed by atoms with E-state index in [4.69, 9.17) is 11.6 Å². The van der Waals surface area contributed by atoms with Gasteiger partial charge in [-0.15, -0.1) is 0 Å². The van der Waals surface area contributed by atoms with Gasteiger partial charge in [0.25, 0.3) is 0 Å². The smallest absolute Gasteiger partial charge is 0.171 e. The molecule has 0 amide bonds. The van der Waals surface area contributed by atoms with Crippen molar-refractivity contribution in [2.24, 2.45) is 0 Å². The third kappa shape index (κ3) is 3.12. The Bertz CT molecular complexity index is 311. The van der Waals surface area contributed by atoms with E-state index in [1.54, 1.807) is 24.9 Å². The molecule has 0 aliphatic heterocycles. The van der Waals surface area contributed by atoms with Crippen LogP contribution in [0, 0.1) is 0 Å². The van der Waals surface area contributed by atoms with Crippen LogP contribution < -0.4 is 4.90 Å². The molecule has 0 aliphatic rings. The number of rotatable bonds is 3. The van der Waals surface area contributed by atoms with Gasteiger partial charge in [0.05, 0.1) is 5.60 Å². The van der Waals surface area contributed by atoms with E-state index in [1.807, 2.05) is 7.05 Å². The molecule has 0 atom stereocenters. The molecule has 1 N–H and O–H groups in total. The lowest BCUT2D eigenvalue weighted by molar-refractivity contribution is 0.0884. The van der Waals surface area contributed by atoms with Crippen molar-refractivity contribution in [2.75, 3.05) is 18.5 Å². The van der Waals surface area contributed by atoms with Crippen molar-refractivity contribution in [3.05, 3.63) is 17.5 Å². The molecule has 1 rings (SSSR count). The van der Waals surface area contributed by atoms with Crippen LogP contribution in [0.3, 0.4) is 0 Å². The summed E-state index contributed by atoms with van der Waals surface area (Å²) in [4.78, 5) is 9.77. The summed E-state index contributed by atoms with van der Waals surface area (Å²) in [5.41, 5.74) is -0.782. The van der Waals surface area contributed by atoms with Crippen LogP contribution in [0.2, 0.25) is 5.15 Å². The Hall–Kier alpha value is -0.870. The van der Waals surface area contributed by atoms with E-state index in [2.05, 4.69) is 9.97 Å². The van der Waals surface area contributed by atoms with Crippen LogP contribution in [-0.4, -0.2) is 34.3 Å². The van der Waals surface area contributed by atoms with Gasteiger partial charge in [-0.25, -0.2) is 9.97 Å². The maximum absolute atomic E-state index is 9.61. The number of likely N-dealkylation sites (N-methyl/N-ethyl adjacent to an activating group) is 1. The highest BCUT2D eigenvalue weighted by Crippen LogP contribution is 2.19. The van der Waals surface area contributed by atoms with Crippen molar-refractivity contribution in [3.8, 4) is 0 Å². The summed E-state index contributed by atoms with van der Waals surface area (Å²) in [6.07, 6.45) is 3.10. The van der Waals surface area contributed by atoms with Gasteiger partial charge in [0.2, 0.25) is 0 Å². The van der Waals surface area contributed by atoms with Crippen LogP contribution in [0.1, 0.15) is 13.8 Å². The number of nitrogens with zero attached hydrogens (tertiary/aromatic N) is 3. The Balaban J connectivity index is 2.80. The quantitative estimate of drug-likeness (QED) is 0.827. The molecule has 14 heavy (non-hydrogen) atoms. The van der Waals surface area contributed by atoms with Crippen LogP contribution in [0.25, 0.3) is 0 Å². The van der Waals surface area contributed by atoms with E-state index in [1.165, 1.54) is 6.20 Å². The van der Waals surface area contributed by atoms with Gasteiger partial charge in [-0.2, -0.15) is 0 Å². The van der Waals surface area contributed by atoms with E-state index in [0.717, 1.165) is 0 Å². The number of aromatic nitrogens is 2. The minimum atomic E-state index is -0.782. The first-order valence-corrected chi connectivity index (χ1v) is 4.68. The Morgan fingerprint density at radius 3 is 2.50 bits per heavy atom. The second-order valence-electron chi connectivity index (χ2n) is 3.84. The molecule has 4 nitrogen and oxygen atoms in total. The Morgan fingerprint density at radius 1 is 1.43 bits per heavy atom. The third-order valence-corrected chi connectivity index (χ3v) is 1.89. The van der Waals surface area contributed by atoms with Crippen molar-refractivity contribution in [2.45, 2.75) is 19.4 Å². The van der Waals surface area contributed by atoms with Gasteiger partial charge in [-0.05, 0) is 13.8 Å². The fourth-order valence-electron chi connectivity index (χ4n) is 1.23. The fourth-order valence-corrected chi connectivity index (χ4v) is 1.47. The molecule has 0 bridgehead atoms. The highest BCUT2D eigenvalue weighted by molar-refractivity contribution is 6.31. The highest BCUT2D eigenvalue weighted by Gasteiger charge is 2.18. The minimum Gasteiger partial charge on any atom is -0.389 e. The molecule has 5 heteroatoms. The van der Waals surface area contributed by atoms with Crippen LogP contribution >= 0.6 is 11.6 Å². The van der Waals surface area contributed by atoms with Crippen molar-refractivity contribution in [1.29, 1.82) is 0 Å².